The molecule has 0 fully saturated rings. The molecule has 0 aliphatic rings. The fourth-order valence-corrected chi connectivity index (χ4v) is 2.12. The van der Waals surface area contributed by atoms with Crippen LogP contribution in [0.4, 0.5) is 27.1 Å². The van der Waals surface area contributed by atoms with Crippen LogP contribution in [-0.4, -0.2) is 19.4 Å². The number of methoxy groups -OCH3 is 1. The average Bonchev–Trinajstić information content (AvgIpc) is 2.58. The highest BCUT2D eigenvalue weighted by Gasteiger charge is 2.14. The lowest BCUT2D eigenvalue weighted by Gasteiger charge is -2.20. The first-order valence-electron chi connectivity index (χ1n) is 7.27. The maximum Gasteiger partial charge on any atom is 0.224 e. The van der Waals surface area contributed by atoms with Gasteiger partial charge < -0.3 is 15.8 Å². The number of amides is 2. The molecule has 2 rings (SSSR count). The zero-order chi connectivity index (χ0) is 17.7. The Bertz CT molecular complexity index is 765. The van der Waals surface area contributed by atoms with Gasteiger partial charge in [0.2, 0.25) is 12.3 Å². The zero-order valence-electron chi connectivity index (χ0n) is 13.4. The van der Waals surface area contributed by atoms with E-state index in [-0.39, 0.29) is 11.6 Å². The fourth-order valence-electron chi connectivity index (χ4n) is 2.12. The van der Waals surface area contributed by atoms with Gasteiger partial charge in [-0.15, -0.1) is 0 Å². The van der Waals surface area contributed by atoms with Gasteiger partial charge in [-0.05, 0) is 30.3 Å². The third-order valence-electron chi connectivity index (χ3n) is 3.42. The second kappa shape index (κ2) is 7.45. The minimum Gasteiger partial charge on any atom is -0.495 e. The van der Waals surface area contributed by atoms with E-state index in [1.165, 1.54) is 24.1 Å². The van der Waals surface area contributed by atoms with E-state index in [1.807, 2.05) is 0 Å². The van der Waals surface area contributed by atoms with Crippen molar-refractivity contribution in [1.82, 2.24) is 0 Å². The zero-order valence-corrected chi connectivity index (χ0v) is 13.4. The van der Waals surface area contributed by atoms with Gasteiger partial charge in [0.05, 0.1) is 29.9 Å². The van der Waals surface area contributed by atoms with Crippen LogP contribution in [0.1, 0.15) is 13.3 Å². The van der Waals surface area contributed by atoms with Gasteiger partial charge in [0.1, 0.15) is 11.6 Å². The SMILES string of the molecule is CCC(=O)Nc1cc(N(C=O)c2ccc(N)c(F)c2)ccc1OC. The summed E-state index contributed by atoms with van der Waals surface area (Å²) in [7, 11) is 1.48. The number of nitrogens with two attached hydrogens (primary N) is 1. The molecule has 0 spiro atoms. The molecule has 2 amide bonds. The molecule has 0 aliphatic heterocycles. The molecule has 24 heavy (non-hydrogen) atoms. The topological polar surface area (TPSA) is 84.7 Å². The number of anilines is 4. The number of nitrogen functional groups attached to an aromatic ring is 1. The summed E-state index contributed by atoms with van der Waals surface area (Å²) >= 11 is 0. The van der Waals surface area contributed by atoms with Crippen molar-refractivity contribution in [3.63, 3.8) is 0 Å². The average molecular weight is 331 g/mol. The van der Waals surface area contributed by atoms with Crippen LogP contribution in [0, 0.1) is 5.82 Å². The minimum absolute atomic E-state index is 0.00442. The van der Waals surface area contributed by atoms with Crippen molar-refractivity contribution >= 4 is 35.1 Å². The van der Waals surface area contributed by atoms with Gasteiger partial charge in [0, 0.05) is 12.5 Å². The number of ether oxygens (including phenoxy) is 1. The van der Waals surface area contributed by atoms with Crippen molar-refractivity contribution < 1.29 is 18.7 Å². The summed E-state index contributed by atoms with van der Waals surface area (Å²) in [6.07, 6.45) is 0.853. The van der Waals surface area contributed by atoms with E-state index < -0.39 is 5.82 Å². The van der Waals surface area contributed by atoms with Gasteiger partial charge in [-0.2, -0.15) is 0 Å². The summed E-state index contributed by atoms with van der Waals surface area (Å²) in [5.74, 6) is -0.358. The number of hydrogen-bond acceptors (Lipinski definition) is 4. The van der Waals surface area contributed by atoms with E-state index in [2.05, 4.69) is 5.32 Å². The highest BCUT2D eigenvalue weighted by Crippen LogP contribution is 2.33. The summed E-state index contributed by atoms with van der Waals surface area (Å²) in [6, 6.07) is 8.90. The van der Waals surface area contributed by atoms with E-state index in [1.54, 1.807) is 25.1 Å². The van der Waals surface area contributed by atoms with Gasteiger partial charge >= 0.3 is 0 Å². The monoisotopic (exact) mass is 331 g/mol. The second-order valence-electron chi connectivity index (χ2n) is 4.97. The minimum atomic E-state index is -0.618. The van der Waals surface area contributed by atoms with Gasteiger partial charge in [0.25, 0.3) is 0 Å². The Morgan fingerprint density at radius 1 is 1.29 bits per heavy atom. The molecule has 3 N–H and O–H groups in total. The third kappa shape index (κ3) is 3.62. The number of rotatable bonds is 6. The Hall–Kier alpha value is -3.09. The predicted molar refractivity (Wildman–Crippen MR) is 90.9 cm³/mol. The molecule has 7 heteroatoms. The first-order chi connectivity index (χ1) is 11.5. The first kappa shape index (κ1) is 17.3. The molecule has 126 valence electrons. The van der Waals surface area contributed by atoms with Crippen LogP contribution in [-0.2, 0) is 9.59 Å². The largest absolute Gasteiger partial charge is 0.495 e. The molecule has 2 aromatic rings. The molecule has 0 aromatic heterocycles. The summed E-state index contributed by atoms with van der Waals surface area (Å²) in [5.41, 5.74) is 6.63. The molecule has 0 bridgehead atoms. The standard InChI is InChI=1S/C17H18FN3O3/c1-3-17(23)20-15-9-12(5-7-16(15)24-2)21(10-22)11-4-6-14(19)13(18)8-11/h4-10H,3,19H2,1-2H3,(H,20,23). The second-order valence-corrected chi connectivity index (χ2v) is 4.97. The maximum atomic E-state index is 13.7. The molecule has 0 saturated heterocycles. The Balaban J connectivity index is 2.44. The lowest BCUT2D eigenvalue weighted by Crippen LogP contribution is -2.16. The Morgan fingerprint density at radius 3 is 2.54 bits per heavy atom. The lowest BCUT2D eigenvalue weighted by molar-refractivity contribution is -0.115. The van der Waals surface area contributed by atoms with Crippen molar-refractivity contribution in [2.24, 2.45) is 0 Å². The highest BCUT2D eigenvalue weighted by molar-refractivity contribution is 5.94. The number of carbonyl (C=O) groups is 2. The summed E-state index contributed by atoms with van der Waals surface area (Å²) in [6.45, 7) is 1.72. The predicted octanol–water partition coefficient (Wildman–Crippen LogP) is 3.06. The number of benzene rings is 2. The maximum absolute atomic E-state index is 13.7. The van der Waals surface area contributed by atoms with Crippen LogP contribution in [0.15, 0.2) is 36.4 Å². The van der Waals surface area contributed by atoms with Crippen LogP contribution in [0.2, 0.25) is 0 Å². The van der Waals surface area contributed by atoms with E-state index in [0.29, 0.717) is 35.6 Å². The normalized spacial score (nSPS) is 10.1. The number of hydrogen-bond donors (Lipinski definition) is 2. The van der Waals surface area contributed by atoms with Crippen molar-refractivity contribution in [2.75, 3.05) is 23.1 Å². The summed E-state index contributed by atoms with van der Waals surface area (Å²) in [5, 5.41) is 2.70. The molecule has 0 aliphatic carbocycles. The van der Waals surface area contributed by atoms with Gasteiger partial charge in [-0.25, -0.2) is 4.39 Å². The van der Waals surface area contributed by atoms with Crippen molar-refractivity contribution in [1.29, 1.82) is 0 Å². The van der Waals surface area contributed by atoms with Crippen LogP contribution in [0.3, 0.4) is 0 Å². The molecule has 0 saturated carbocycles. The van der Waals surface area contributed by atoms with Gasteiger partial charge in [-0.3, -0.25) is 14.5 Å². The quantitative estimate of drug-likeness (QED) is 0.629. The van der Waals surface area contributed by atoms with Crippen LogP contribution >= 0.6 is 0 Å². The summed E-state index contributed by atoms with van der Waals surface area (Å²) in [4.78, 5) is 24.4. The van der Waals surface area contributed by atoms with E-state index in [9.17, 15) is 14.0 Å². The van der Waals surface area contributed by atoms with Crippen LogP contribution in [0.5, 0.6) is 5.75 Å². The fraction of sp³-hybridized carbons (Fsp3) is 0.176. The number of nitrogens with zero attached hydrogens (tertiary/aromatic N) is 1. The van der Waals surface area contributed by atoms with Gasteiger partial charge in [-0.1, -0.05) is 6.92 Å². The van der Waals surface area contributed by atoms with E-state index in [4.69, 9.17) is 10.5 Å². The summed E-state index contributed by atoms with van der Waals surface area (Å²) < 4.78 is 18.9. The molecule has 0 heterocycles. The highest BCUT2D eigenvalue weighted by atomic mass is 19.1. The molecular weight excluding hydrogens is 313 g/mol. The smallest absolute Gasteiger partial charge is 0.224 e. The molecule has 0 radical (unpaired) electrons. The Morgan fingerprint density at radius 2 is 1.96 bits per heavy atom. The first-order valence-corrected chi connectivity index (χ1v) is 7.27. The Kier molecular flexibility index (Phi) is 5.36. The molecule has 2 aromatic carbocycles. The van der Waals surface area contributed by atoms with E-state index >= 15 is 0 Å². The van der Waals surface area contributed by atoms with Gasteiger partial charge in [0.15, 0.2) is 0 Å². The van der Waals surface area contributed by atoms with Crippen molar-refractivity contribution in [2.45, 2.75) is 13.3 Å². The van der Waals surface area contributed by atoms with E-state index in [0.717, 1.165) is 6.07 Å². The van der Waals surface area contributed by atoms with Crippen molar-refractivity contribution in [3.8, 4) is 5.75 Å². The molecule has 0 atom stereocenters. The van der Waals surface area contributed by atoms with Crippen molar-refractivity contribution in [3.05, 3.63) is 42.2 Å². The third-order valence-corrected chi connectivity index (χ3v) is 3.42. The number of halogens is 1. The molecule has 0 unspecified atom stereocenters. The van der Waals surface area contributed by atoms with Crippen LogP contribution in [0.25, 0.3) is 0 Å². The Labute approximate surface area is 139 Å². The lowest BCUT2D eigenvalue weighted by atomic mass is 10.2. The number of carbonyl (C=O) groups excluding carboxylic acids is 2. The number of nitrogens with one attached hydrogen (secondary N) is 1. The molecule has 6 nitrogen and oxygen atoms in total. The molecular formula is C17H18FN3O3. The van der Waals surface area contributed by atoms with Crippen LogP contribution < -0.4 is 20.7 Å².